The molecule has 10 heteroatoms. The molecule has 0 spiro atoms. The molecule has 0 aliphatic carbocycles. The summed E-state index contributed by atoms with van der Waals surface area (Å²) in [6, 6.07) is 33.0. The summed E-state index contributed by atoms with van der Waals surface area (Å²) in [5.74, 6) is -1.53. The van der Waals surface area contributed by atoms with E-state index in [1.807, 2.05) is 60.7 Å². The number of carboxylic acids is 1. The van der Waals surface area contributed by atoms with Crippen LogP contribution >= 0.6 is 11.8 Å². The van der Waals surface area contributed by atoms with Crippen molar-refractivity contribution in [2.75, 3.05) is 34.0 Å². The van der Waals surface area contributed by atoms with Crippen LogP contribution in [0.15, 0.2) is 120 Å². The van der Waals surface area contributed by atoms with Gasteiger partial charge in [0.1, 0.15) is 5.70 Å². The number of carboxylic acid groups (broad SMARTS) is 1. The number of carbonyl (C=O) groups is 3. The number of hydrogen-bond donors (Lipinski definition) is 2. The van der Waals surface area contributed by atoms with Crippen molar-refractivity contribution in [3.63, 3.8) is 0 Å². The Morgan fingerprint density at radius 3 is 2.27 bits per heavy atom. The summed E-state index contributed by atoms with van der Waals surface area (Å²) in [5, 5.41) is 13.6. The first kappa shape index (κ1) is 32.2. The predicted octanol–water partition coefficient (Wildman–Crippen LogP) is 7.56. The van der Waals surface area contributed by atoms with Crippen LogP contribution in [0.2, 0.25) is 0 Å². The molecule has 5 aromatic rings. The van der Waals surface area contributed by atoms with E-state index < -0.39 is 5.97 Å². The van der Waals surface area contributed by atoms with Gasteiger partial charge in [-0.15, -0.1) is 0 Å². The zero-order chi connectivity index (χ0) is 33.6. The van der Waals surface area contributed by atoms with Crippen LogP contribution in [0, 0.1) is 0 Å². The molecule has 48 heavy (non-hydrogen) atoms. The van der Waals surface area contributed by atoms with Crippen molar-refractivity contribution in [2.24, 2.45) is 4.99 Å². The topological polar surface area (TPSA) is 115 Å². The summed E-state index contributed by atoms with van der Waals surface area (Å²) in [5.41, 5.74) is 5.50. The standard InChI is InChI=1S/C38H33N5O4S/c1-3-42(4-2)28-20-14-25(15-21-28)22-34-36(45)43(29-10-6-5-7-11-29)38(41-34)48-24-35(44)39-27-18-16-26(17-19-27)33-23-31(37(46)47)30-12-8-9-13-32(30)40-33/h5-23H,3-4,24H2,1-2H3,(H,39,44)(H,46,47)/b34-22-. The number of nitrogens with zero attached hydrogens (tertiary/aromatic N) is 4. The minimum Gasteiger partial charge on any atom is -0.478 e. The zero-order valence-electron chi connectivity index (χ0n) is 26.5. The summed E-state index contributed by atoms with van der Waals surface area (Å²) in [7, 11) is 0. The molecule has 2 N–H and O–H groups in total. The fourth-order valence-electron chi connectivity index (χ4n) is 5.48. The van der Waals surface area contributed by atoms with E-state index in [2.05, 4.69) is 34.0 Å². The zero-order valence-corrected chi connectivity index (χ0v) is 27.3. The maximum atomic E-state index is 13.6. The number of hydrogen-bond acceptors (Lipinski definition) is 7. The molecule has 0 saturated carbocycles. The second kappa shape index (κ2) is 14.4. The first-order valence-electron chi connectivity index (χ1n) is 15.6. The van der Waals surface area contributed by atoms with Gasteiger partial charge in [-0.3, -0.25) is 14.5 Å². The van der Waals surface area contributed by atoms with Crippen molar-refractivity contribution < 1.29 is 19.5 Å². The van der Waals surface area contributed by atoms with Crippen molar-refractivity contribution in [3.8, 4) is 11.3 Å². The molecule has 1 aromatic heterocycles. The van der Waals surface area contributed by atoms with Crippen molar-refractivity contribution in [2.45, 2.75) is 13.8 Å². The number of aromatic nitrogens is 1. The van der Waals surface area contributed by atoms with Crippen LogP contribution < -0.4 is 15.1 Å². The lowest BCUT2D eigenvalue weighted by molar-refractivity contribution is -0.114. The molecular formula is C38H33N5O4S. The summed E-state index contributed by atoms with van der Waals surface area (Å²) in [6.07, 6.45) is 1.77. The van der Waals surface area contributed by atoms with Crippen molar-refractivity contribution >= 4 is 68.8 Å². The number of pyridine rings is 1. The third kappa shape index (κ3) is 6.98. The number of nitrogens with one attached hydrogen (secondary N) is 1. The van der Waals surface area contributed by atoms with Gasteiger partial charge in [0.2, 0.25) is 5.91 Å². The lowest BCUT2D eigenvalue weighted by Crippen LogP contribution is -2.31. The molecule has 1 aliphatic heterocycles. The number of amides is 2. The van der Waals surface area contributed by atoms with Crippen molar-refractivity contribution in [1.82, 2.24) is 4.98 Å². The molecular weight excluding hydrogens is 623 g/mol. The van der Waals surface area contributed by atoms with E-state index in [0.29, 0.717) is 38.8 Å². The number of benzene rings is 4. The van der Waals surface area contributed by atoms with Gasteiger partial charge in [0.05, 0.1) is 28.2 Å². The van der Waals surface area contributed by atoms with Crippen molar-refractivity contribution in [3.05, 3.63) is 126 Å². The Bertz CT molecular complexity index is 2040. The molecule has 0 saturated heterocycles. The fourth-order valence-corrected chi connectivity index (χ4v) is 6.29. The van der Waals surface area contributed by atoms with Gasteiger partial charge in [-0.05, 0) is 74.0 Å². The van der Waals surface area contributed by atoms with Crippen LogP contribution in [0.5, 0.6) is 0 Å². The largest absolute Gasteiger partial charge is 0.478 e. The maximum absolute atomic E-state index is 13.6. The summed E-state index contributed by atoms with van der Waals surface area (Å²) < 4.78 is 0. The van der Waals surface area contributed by atoms with E-state index >= 15 is 0 Å². The number of rotatable bonds is 10. The molecule has 6 rings (SSSR count). The molecule has 0 fully saturated rings. The third-order valence-corrected chi connectivity index (χ3v) is 8.85. The average molecular weight is 656 g/mol. The minimum absolute atomic E-state index is 0.0250. The molecule has 2 amide bonds. The number of aromatic carboxylic acids is 1. The smallest absolute Gasteiger partial charge is 0.336 e. The fraction of sp³-hybridized carbons (Fsp3) is 0.132. The second-order valence-electron chi connectivity index (χ2n) is 11.0. The minimum atomic E-state index is -1.03. The van der Waals surface area contributed by atoms with E-state index in [9.17, 15) is 19.5 Å². The number of amidine groups is 1. The van der Waals surface area contributed by atoms with E-state index in [-0.39, 0.29) is 23.1 Å². The van der Waals surface area contributed by atoms with Crippen LogP contribution in [-0.2, 0) is 9.59 Å². The Balaban J connectivity index is 1.16. The van der Waals surface area contributed by atoms with E-state index in [4.69, 9.17) is 0 Å². The Labute approximate surface area is 282 Å². The highest BCUT2D eigenvalue weighted by Gasteiger charge is 2.32. The second-order valence-corrected chi connectivity index (χ2v) is 11.9. The average Bonchev–Trinajstić information content (AvgIpc) is 3.42. The Morgan fingerprint density at radius 2 is 1.58 bits per heavy atom. The van der Waals surface area contributed by atoms with Gasteiger partial charge in [0.25, 0.3) is 5.91 Å². The number of aliphatic imine (C=N–C) groups is 1. The molecule has 9 nitrogen and oxygen atoms in total. The third-order valence-electron chi connectivity index (χ3n) is 7.91. The van der Waals surface area contributed by atoms with Gasteiger partial charge < -0.3 is 15.3 Å². The highest BCUT2D eigenvalue weighted by atomic mass is 32.2. The van der Waals surface area contributed by atoms with Crippen molar-refractivity contribution in [1.29, 1.82) is 0 Å². The Morgan fingerprint density at radius 1 is 0.896 bits per heavy atom. The predicted molar refractivity (Wildman–Crippen MR) is 195 cm³/mol. The maximum Gasteiger partial charge on any atom is 0.336 e. The first-order chi connectivity index (χ1) is 23.3. The first-order valence-corrected chi connectivity index (χ1v) is 16.5. The summed E-state index contributed by atoms with van der Waals surface area (Å²) in [4.78, 5) is 51.6. The van der Waals surface area contributed by atoms with Crippen LogP contribution in [0.3, 0.4) is 0 Å². The van der Waals surface area contributed by atoms with Gasteiger partial charge in [-0.1, -0.05) is 72.4 Å². The van der Waals surface area contributed by atoms with E-state index in [0.717, 1.165) is 29.9 Å². The number of thioether (sulfide) groups is 1. The molecule has 4 aromatic carbocycles. The van der Waals surface area contributed by atoms with Gasteiger partial charge in [-0.25, -0.2) is 14.8 Å². The normalized spacial score (nSPS) is 13.5. The highest BCUT2D eigenvalue weighted by molar-refractivity contribution is 8.14. The molecule has 0 radical (unpaired) electrons. The van der Waals surface area contributed by atoms with Gasteiger partial charge in [0.15, 0.2) is 5.17 Å². The molecule has 0 bridgehead atoms. The van der Waals surface area contributed by atoms with Gasteiger partial charge >= 0.3 is 5.97 Å². The molecule has 240 valence electrons. The molecule has 1 aliphatic rings. The lowest BCUT2D eigenvalue weighted by Gasteiger charge is -2.20. The van der Waals surface area contributed by atoms with Gasteiger partial charge in [0, 0.05) is 35.4 Å². The van der Waals surface area contributed by atoms with Crippen LogP contribution in [0.1, 0.15) is 29.8 Å². The number of carbonyl (C=O) groups excluding carboxylic acids is 2. The number of para-hydroxylation sites is 2. The van der Waals surface area contributed by atoms with E-state index in [1.165, 1.54) is 16.7 Å². The SMILES string of the molecule is CCN(CC)c1ccc(/C=C2\N=C(SCC(=O)Nc3ccc(-c4cc(C(=O)O)c5ccccc5n4)cc3)N(c3ccccc3)C2=O)cc1. The monoisotopic (exact) mass is 655 g/mol. The number of anilines is 3. The molecule has 0 atom stereocenters. The van der Waals surface area contributed by atoms with E-state index in [1.54, 1.807) is 54.6 Å². The van der Waals surface area contributed by atoms with Gasteiger partial charge in [-0.2, -0.15) is 0 Å². The Kier molecular flexibility index (Phi) is 9.63. The van der Waals surface area contributed by atoms with Crippen LogP contribution in [0.4, 0.5) is 17.1 Å². The van der Waals surface area contributed by atoms with Crippen LogP contribution in [0.25, 0.3) is 28.2 Å². The lowest BCUT2D eigenvalue weighted by atomic mass is 10.0. The molecule has 0 unspecified atom stereocenters. The quantitative estimate of drug-likeness (QED) is 0.149. The summed E-state index contributed by atoms with van der Waals surface area (Å²) >= 11 is 1.18. The highest BCUT2D eigenvalue weighted by Crippen LogP contribution is 2.30. The Hall–Kier alpha value is -5.74. The summed E-state index contributed by atoms with van der Waals surface area (Å²) in [6.45, 7) is 6.04. The molecule has 2 heterocycles. The van der Waals surface area contributed by atoms with Crippen LogP contribution in [-0.4, -0.2) is 51.9 Å². The number of fused-ring (bicyclic) bond motifs is 1.